The first-order valence-electron chi connectivity index (χ1n) is 10.6. The Morgan fingerprint density at radius 2 is 1.17 bits per heavy atom. The van der Waals surface area contributed by atoms with Gasteiger partial charge in [0.15, 0.2) is 23.2 Å². The molecule has 0 aliphatic rings. The first-order chi connectivity index (χ1) is 14.6. The van der Waals surface area contributed by atoms with E-state index in [-0.39, 0.29) is 0 Å². The molecule has 0 fully saturated rings. The minimum Gasteiger partial charge on any atom is -0.458 e. The van der Waals surface area contributed by atoms with E-state index in [2.05, 4.69) is 35.1 Å². The van der Waals surface area contributed by atoms with Gasteiger partial charge in [-0.05, 0) is 63.1 Å². The van der Waals surface area contributed by atoms with E-state index < -0.39 is 0 Å². The molecule has 0 bridgehead atoms. The number of aryl methyl sites for hydroxylation is 4. The topological polar surface area (TPSA) is 61.9 Å². The molecule has 0 saturated carbocycles. The molecule has 0 spiro atoms. The Morgan fingerprint density at radius 1 is 0.700 bits per heavy atom. The fourth-order valence-corrected chi connectivity index (χ4v) is 4.13. The van der Waals surface area contributed by atoms with Crippen molar-refractivity contribution in [3.8, 4) is 23.2 Å². The highest BCUT2D eigenvalue weighted by atomic mass is 16.3. The van der Waals surface area contributed by atoms with Crippen molar-refractivity contribution < 1.29 is 8.83 Å². The Balaban J connectivity index is 1.76. The molecular weight excluding hydrogens is 376 g/mol. The summed E-state index contributed by atoms with van der Waals surface area (Å²) < 4.78 is 16.3. The van der Waals surface area contributed by atoms with Gasteiger partial charge >= 0.3 is 0 Å². The Morgan fingerprint density at radius 3 is 1.53 bits per heavy atom. The minimum absolute atomic E-state index is 0.804. The Bertz CT molecular complexity index is 1250. The highest BCUT2D eigenvalue weighted by molar-refractivity contribution is 5.94. The first kappa shape index (κ1) is 18.7. The minimum atomic E-state index is 0.804. The van der Waals surface area contributed by atoms with Crippen LogP contribution in [-0.2, 0) is 13.1 Å². The molecule has 6 heteroatoms. The number of aromatic nitrogens is 4. The molecule has 154 valence electrons. The van der Waals surface area contributed by atoms with E-state index in [1.165, 1.54) is 0 Å². The van der Waals surface area contributed by atoms with Gasteiger partial charge in [-0.15, -0.1) is 0 Å². The van der Waals surface area contributed by atoms with E-state index in [9.17, 15) is 0 Å². The van der Waals surface area contributed by atoms with Gasteiger partial charge in [0, 0.05) is 13.1 Å². The van der Waals surface area contributed by atoms with Gasteiger partial charge in [-0.3, -0.25) is 0 Å². The molecule has 0 N–H and O–H groups in total. The molecule has 6 nitrogen and oxygen atoms in total. The third kappa shape index (κ3) is 2.95. The van der Waals surface area contributed by atoms with Crippen molar-refractivity contribution in [1.82, 2.24) is 19.1 Å². The van der Waals surface area contributed by atoms with Crippen molar-refractivity contribution >= 4 is 22.1 Å². The molecule has 1 aromatic carbocycles. The summed E-state index contributed by atoms with van der Waals surface area (Å²) in [7, 11) is 0. The fourth-order valence-electron chi connectivity index (χ4n) is 4.13. The molecule has 4 aromatic heterocycles. The smallest absolute Gasteiger partial charge is 0.177 e. The number of furan rings is 2. The summed E-state index contributed by atoms with van der Waals surface area (Å²) in [5.74, 6) is 5.13. The number of fused-ring (bicyclic) bond motifs is 2. The Labute approximate surface area is 175 Å². The summed E-state index contributed by atoms with van der Waals surface area (Å²) in [5.41, 5.74) is 4.08. The number of imidazole rings is 2. The van der Waals surface area contributed by atoms with Gasteiger partial charge < -0.3 is 18.0 Å². The van der Waals surface area contributed by atoms with Crippen LogP contribution < -0.4 is 0 Å². The molecule has 0 aliphatic carbocycles. The largest absolute Gasteiger partial charge is 0.458 e. The Kier molecular flexibility index (Phi) is 4.50. The number of hydrogen-bond donors (Lipinski definition) is 0. The summed E-state index contributed by atoms with van der Waals surface area (Å²) in [6, 6.07) is 12.3. The fraction of sp³-hybridized carbons (Fsp3) is 0.333. The lowest BCUT2D eigenvalue weighted by Crippen LogP contribution is -2.01. The molecule has 0 radical (unpaired) electrons. The predicted molar refractivity (Wildman–Crippen MR) is 118 cm³/mol. The highest BCUT2D eigenvalue weighted by Crippen LogP contribution is 2.32. The zero-order valence-corrected chi connectivity index (χ0v) is 17.9. The van der Waals surface area contributed by atoms with Crippen molar-refractivity contribution in [3.63, 3.8) is 0 Å². The number of benzene rings is 1. The first-order valence-corrected chi connectivity index (χ1v) is 10.6. The lowest BCUT2D eigenvalue weighted by atomic mass is 10.2. The molecule has 5 aromatic rings. The van der Waals surface area contributed by atoms with Crippen LogP contribution in [-0.4, -0.2) is 19.1 Å². The lowest BCUT2D eigenvalue weighted by molar-refractivity contribution is 0.538. The SMILES string of the molecule is CCCn1c(-c2ccc(C)o2)nc2cc3nc(-c4ccc(C)o4)n(CCC)c3cc21. The number of nitrogens with zero attached hydrogens (tertiary/aromatic N) is 4. The summed E-state index contributed by atoms with van der Waals surface area (Å²) in [6.45, 7) is 10.0. The van der Waals surface area contributed by atoms with E-state index in [1.807, 2.05) is 38.1 Å². The van der Waals surface area contributed by atoms with E-state index in [4.69, 9.17) is 18.8 Å². The predicted octanol–water partition coefficient (Wildman–Crippen LogP) is 6.34. The summed E-state index contributed by atoms with van der Waals surface area (Å²) in [6.07, 6.45) is 2.03. The maximum Gasteiger partial charge on any atom is 0.177 e. The van der Waals surface area contributed by atoms with E-state index in [0.717, 1.165) is 82.7 Å². The molecular formula is C24H26N4O2. The maximum absolute atomic E-state index is 5.89. The highest BCUT2D eigenvalue weighted by Gasteiger charge is 2.20. The molecule has 0 aliphatic heterocycles. The molecule has 0 unspecified atom stereocenters. The second kappa shape index (κ2) is 7.20. The van der Waals surface area contributed by atoms with Crippen LogP contribution in [0.25, 0.3) is 45.2 Å². The summed E-state index contributed by atoms with van der Waals surface area (Å²) >= 11 is 0. The van der Waals surface area contributed by atoms with Crippen LogP contribution in [0.4, 0.5) is 0 Å². The molecule has 4 heterocycles. The van der Waals surface area contributed by atoms with Crippen LogP contribution >= 0.6 is 0 Å². The van der Waals surface area contributed by atoms with Gasteiger partial charge in [0.2, 0.25) is 0 Å². The van der Waals surface area contributed by atoms with Gasteiger partial charge in [-0.25, -0.2) is 9.97 Å². The molecule has 0 amide bonds. The van der Waals surface area contributed by atoms with Gasteiger partial charge in [0.1, 0.15) is 11.5 Å². The summed E-state index contributed by atoms with van der Waals surface area (Å²) in [5, 5.41) is 0. The lowest BCUT2D eigenvalue weighted by Gasteiger charge is -2.08. The van der Waals surface area contributed by atoms with Crippen LogP contribution in [0.2, 0.25) is 0 Å². The molecule has 0 atom stereocenters. The van der Waals surface area contributed by atoms with Crippen molar-refractivity contribution in [2.24, 2.45) is 0 Å². The van der Waals surface area contributed by atoms with Gasteiger partial charge in [0.25, 0.3) is 0 Å². The standard InChI is InChI=1S/C24H26N4O2/c1-5-11-27-19-14-20-18(13-17(19)25-23(27)21-9-7-15(3)29-21)26-24(28(20)12-6-2)22-10-8-16(4)30-22/h7-10,13-14H,5-6,11-12H2,1-4H3. The van der Waals surface area contributed by atoms with Crippen LogP contribution in [0.3, 0.4) is 0 Å². The zero-order chi connectivity index (χ0) is 20.8. The number of hydrogen-bond acceptors (Lipinski definition) is 4. The third-order valence-electron chi connectivity index (χ3n) is 5.43. The van der Waals surface area contributed by atoms with E-state index in [0.29, 0.717) is 0 Å². The quantitative estimate of drug-likeness (QED) is 0.332. The maximum atomic E-state index is 5.89. The van der Waals surface area contributed by atoms with Gasteiger partial charge in [0.05, 0.1) is 22.1 Å². The third-order valence-corrected chi connectivity index (χ3v) is 5.43. The van der Waals surface area contributed by atoms with Crippen molar-refractivity contribution in [1.29, 1.82) is 0 Å². The average Bonchev–Trinajstić information content (AvgIpc) is 3.48. The average molecular weight is 402 g/mol. The van der Waals surface area contributed by atoms with Crippen LogP contribution in [0.5, 0.6) is 0 Å². The zero-order valence-electron chi connectivity index (χ0n) is 17.9. The molecule has 30 heavy (non-hydrogen) atoms. The molecule has 0 saturated heterocycles. The van der Waals surface area contributed by atoms with Gasteiger partial charge in [-0.2, -0.15) is 0 Å². The normalized spacial score (nSPS) is 11.9. The number of rotatable bonds is 6. The molecule has 5 rings (SSSR count). The van der Waals surface area contributed by atoms with Crippen LogP contribution in [0.15, 0.2) is 45.2 Å². The Hall–Kier alpha value is -3.28. The van der Waals surface area contributed by atoms with Crippen molar-refractivity contribution in [2.75, 3.05) is 0 Å². The van der Waals surface area contributed by atoms with E-state index >= 15 is 0 Å². The van der Waals surface area contributed by atoms with Gasteiger partial charge in [-0.1, -0.05) is 13.8 Å². The monoisotopic (exact) mass is 402 g/mol. The second-order valence-corrected chi connectivity index (χ2v) is 7.82. The second-order valence-electron chi connectivity index (χ2n) is 7.82. The van der Waals surface area contributed by atoms with Crippen LogP contribution in [0.1, 0.15) is 38.2 Å². The van der Waals surface area contributed by atoms with Crippen molar-refractivity contribution in [2.45, 2.75) is 53.6 Å². The van der Waals surface area contributed by atoms with Crippen molar-refractivity contribution in [3.05, 3.63) is 47.9 Å². The van der Waals surface area contributed by atoms with Crippen LogP contribution in [0, 0.1) is 13.8 Å². The summed E-state index contributed by atoms with van der Waals surface area (Å²) in [4.78, 5) is 9.85. The van der Waals surface area contributed by atoms with E-state index in [1.54, 1.807) is 0 Å².